The lowest BCUT2D eigenvalue weighted by Crippen LogP contribution is -2.28. The molecule has 17 heavy (non-hydrogen) atoms. The standard InChI is InChI=1S/C11H9BrF3NO/c1-17-9-4-6-2-3-16-10(11(13,14)15)7(6)5-8(9)12/h4-5H,2-3H2,1H3. The van der Waals surface area contributed by atoms with Crippen LogP contribution in [-0.4, -0.2) is 25.5 Å². The molecule has 0 radical (unpaired) electrons. The molecule has 0 atom stereocenters. The van der Waals surface area contributed by atoms with Crippen LogP contribution in [0, 0.1) is 0 Å². The number of halogens is 4. The molecule has 6 heteroatoms. The molecular formula is C11H9BrF3NO. The summed E-state index contributed by atoms with van der Waals surface area (Å²) in [5, 5.41) is 0. The Kier molecular flexibility index (Phi) is 3.16. The van der Waals surface area contributed by atoms with E-state index in [9.17, 15) is 13.2 Å². The van der Waals surface area contributed by atoms with Crippen molar-refractivity contribution in [3.05, 3.63) is 27.7 Å². The highest BCUT2D eigenvalue weighted by Crippen LogP contribution is 2.34. The number of alkyl halides is 3. The van der Waals surface area contributed by atoms with Crippen molar-refractivity contribution < 1.29 is 17.9 Å². The van der Waals surface area contributed by atoms with E-state index in [4.69, 9.17) is 4.74 Å². The topological polar surface area (TPSA) is 21.6 Å². The van der Waals surface area contributed by atoms with Gasteiger partial charge in [0, 0.05) is 12.1 Å². The molecule has 1 aliphatic heterocycles. The minimum atomic E-state index is -4.41. The fourth-order valence-corrected chi connectivity index (χ4v) is 2.30. The Balaban J connectivity index is 2.56. The summed E-state index contributed by atoms with van der Waals surface area (Å²) in [6, 6.07) is 3.04. The summed E-state index contributed by atoms with van der Waals surface area (Å²) in [6.45, 7) is 0.159. The average molecular weight is 308 g/mol. The zero-order valence-corrected chi connectivity index (χ0v) is 10.5. The first kappa shape index (κ1) is 12.4. The van der Waals surface area contributed by atoms with Crippen molar-refractivity contribution in [2.24, 2.45) is 4.99 Å². The molecule has 1 aromatic carbocycles. The highest BCUT2D eigenvalue weighted by Gasteiger charge is 2.39. The molecule has 0 saturated carbocycles. The summed E-state index contributed by atoms with van der Waals surface area (Å²) < 4.78 is 43.8. The number of nitrogens with zero attached hydrogens (tertiary/aromatic N) is 1. The molecule has 0 aromatic heterocycles. The first-order valence-corrected chi connectivity index (χ1v) is 5.71. The first-order chi connectivity index (χ1) is 7.93. The third-order valence-corrected chi connectivity index (χ3v) is 3.17. The van der Waals surface area contributed by atoms with Gasteiger partial charge in [0.25, 0.3) is 0 Å². The Morgan fingerprint density at radius 2 is 2.06 bits per heavy atom. The summed E-state index contributed by atoms with van der Waals surface area (Å²) >= 11 is 3.18. The molecule has 0 bridgehead atoms. The van der Waals surface area contributed by atoms with Crippen molar-refractivity contribution in [2.45, 2.75) is 12.6 Å². The van der Waals surface area contributed by atoms with Gasteiger partial charge in [0.1, 0.15) is 11.5 Å². The second kappa shape index (κ2) is 4.33. The Labute approximate surface area is 105 Å². The number of rotatable bonds is 1. The van der Waals surface area contributed by atoms with Crippen LogP contribution < -0.4 is 4.74 Å². The van der Waals surface area contributed by atoms with E-state index in [1.165, 1.54) is 13.2 Å². The van der Waals surface area contributed by atoms with E-state index in [0.29, 0.717) is 22.2 Å². The molecule has 0 amide bonds. The summed E-state index contributed by atoms with van der Waals surface area (Å²) in [6.07, 6.45) is -3.91. The quantitative estimate of drug-likeness (QED) is 0.779. The largest absolute Gasteiger partial charge is 0.496 e. The molecule has 92 valence electrons. The lowest BCUT2D eigenvalue weighted by molar-refractivity contribution is -0.0584. The smallest absolute Gasteiger partial charge is 0.433 e. The van der Waals surface area contributed by atoms with Crippen molar-refractivity contribution in [2.75, 3.05) is 13.7 Å². The fraction of sp³-hybridized carbons (Fsp3) is 0.364. The molecule has 0 aliphatic carbocycles. The van der Waals surface area contributed by atoms with Gasteiger partial charge in [-0.1, -0.05) is 0 Å². The Morgan fingerprint density at radius 3 is 2.65 bits per heavy atom. The third-order valence-electron chi connectivity index (χ3n) is 2.55. The van der Waals surface area contributed by atoms with Crippen molar-refractivity contribution in [1.29, 1.82) is 0 Å². The van der Waals surface area contributed by atoms with Crippen LogP contribution in [-0.2, 0) is 6.42 Å². The predicted octanol–water partition coefficient (Wildman–Crippen LogP) is 3.37. The summed E-state index contributed by atoms with van der Waals surface area (Å²) in [5.41, 5.74) is -0.0501. The Hall–Kier alpha value is -1.04. The maximum absolute atomic E-state index is 12.8. The maximum atomic E-state index is 12.8. The zero-order chi connectivity index (χ0) is 12.6. The van der Waals surface area contributed by atoms with Gasteiger partial charge in [0.2, 0.25) is 0 Å². The SMILES string of the molecule is COc1cc2c(cc1Br)C(C(F)(F)F)=NCC2. The molecule has 0 unspecified atom stereocenters. The Morgan fingerprint density at radius 1 is 1.35 bits per heavy atom. The minimum absolute atomic E-state index is 0.136. The number of methoxy groups -OCH3 is 1. The van der Waals surface area contributed by atoms with Crippen LogP contribution in [0.5, 0.6) is 5.75 Å². The van der Waals surface area contributed by atoms with Crippen molar-refractivity contribution in [3.63, 3.8) is 0 Å². The van der Waals surface area contributed by atoms with E-state index in [0.717, 1.165) is 0 Å². The van der Waals surface area contributed by atoms with Crippen molar-refractivity contribution in [3.8, 4) is 5.75 Å². The van der Waals surface area contributed by atoms with E-state index >= 15 is 0 Å². The second-order valence-corrected chi connectivity index (χ2v) is 4.48. The number of ether oxygens (including phenoxy) is 1. The van der Waals surface area contributed by atoms with Gasteiger partial charge < -0.3 is 4.74 Å². The summed E-state index contributed by atoms with van der Waals surface area (Å²) in [7, 11) is 1.48. The number of hydrogen-bond donors (Lipinski definition) is 0. The molecule has 1 aliphatic rings. The molecule has 1 aromatic rings. The van der Waals surface area contributed by atoms with Gasteiger partial charge in [0.05, 0.1) is 11.6 Å². The van der Waals surface area contributed by atoms with Crippen molar-refractivity contribution in [1.82, 2.24) is 0 Å². The molecule has 0 saturated heterocycles. The van der Waals surface area contributed by atoms with Gasteiger partial charge in [-0.2, -0.15) is 13.2 Å². The van der Waals surface area contributed by atoms with Gasteiger partial charge in [-0.3, -0.25) is 4.99 Å². The molecule has 0 spiro atoms. The number of fused-ring (bicyclic) bond motifs is 1. The molecule has 2 rings (SSSR count). The van der Waals surface area contributed by atoms with E-state index in [-0.39, 0.29) is 12.1 Å². The maximum Gasteiger partial charge on any atom is 0.433 e. The molecule has 1 heterocycles. The zero-order valence-electron chi connectivity index (χ0n) is 8.94. The van der Waals surface area contributed by atoms with Gasteiger partial charge in [-0.15, -0.1) is 0 Å². The minimum Gasteiger partial charge on any atom is -0.496 e. The van der Waals surface area contributed by atoms with Crippen LogP contribution in [0.2, 0.25) is 0 Å². The van der Waals surface area contributed by atoms with Crippen LogP contribution in [0.15, 0.2) is 21.6 Å². The average Bonchev–Trinajstić information content (AvgIpc) is 2.26. The fourth-order valence-electron chi connectivity index (χ4n) is 1.79. The van der Waals surface area contributed by atoms with E-state index in [1.807, 2.05) is 0 Å². The van der Waals surface area contributed by atoms with Crippen LogP contribution in [0.4, 0.5) is 13.2 Å². The van der Waals surface area contributed by atoms with Crippen LogP contribution in [0.25, 0.3) is 0 Å². The van der Waals surface area contributed by atoms with Crippen molar-refractivity contribution >= 4 is 21.6 Å². The van der Waals surface area contributed by atoms with E-state index in [2.05, 4.69) is 20.9 Å². The van der Waals surface area contributed by atoms with Gasteiger partial charge in [-0.25, -0.2) is 0 Å². The molecule has 2 nitrogen and oxygen atoms in total. The lowest BCUT2D eigenvalue weighted by atomic mass is 9.97. The van der Waals surface area contributed by atoms with Gasteiger partial charge >= 0.3 is 6.18 Å². The molecule has 0 N–H and O–H groups in total. The lowest BCUT2D eigenvalue weighted by Gasteiger charge is -2.20. The second-order valence-electron chi connectivity index (χ2n) is 3.62. The van der Waals surface area contributed by atoms with E-state index in [1.54, 1.807) is 6.07 Å². The normalized spacial score (nSPS) is 15.2. The number of aliphatic imine (C=N–C) groups is 1. The number of hydrogen-bond acceptors (Lipinski definition) is 2. The molecule has 0 fully saturated rings. The van der Waals surface area contributed by atoms with Gasteiger partial charge in [-0.05, 0) is 40.0 Å². The highest BCUT2D eigenvalue weighted by molar-refractivity contribution is 9.10. The number of benzene rings is 1. The van der Waals surface area contributed by atoms with Crippen LogP contribution in [0.3, 0.4) is 0 Å². The Bertz CT molecular complexity index is 482. The predicted molar refractivity (Wildman–Crippen MR) is 61.9 cm³/mol. The summed E-state index contributed by atoms with van der Waals surface area (Å²) in [5.74, 6) is 0.534. The third kappa shape index (κ3) is 2.31. The molecular weight excluding hydrogens is 299 g/mol. The monoisotopic (exact) mass is 307 g/mol. The summed E-state index contributed by atoms with van der Waals surface area (Å²) in [4.78, 5) is 3.57. The van der Waals surface area contributed by atoms with Crippen LogP contribution in [0.1, 0.15) is 11.1 Å². The van der Waals surface area contributed by atoms with E-state index < -0.39 is 11.9 Å². The first-order valence-electron chi connectivity index (χ1n) is 4.92. The van der Waals surface area contributed by atoms with Crippen LogP contribution >= 0.6 is 15.9 Å². The highest BCUT2D eigenvalue weighted by atomic mass is 79.9. The van der Waals surface area contributed by atoms with Gasteiger partial charge in [0.15, 0.2) is 0 Å².